The number of piperidine rings is 1. The fraction of sp³-hybridized carbons (Fsp3) is 0.471. The number of aromatic nitrogens is 1. The lowest BCUT2D eigenvalue weighted by Gasteiger charge is -2.39. The van der Waals surface area contributed by atoms with Crippen molar-refractivity contribution in [3.05, 3.63) is 30.5 Å². The Bertz CT molecular complexity index is 628. The van der Waals surface area contributed by atoms with Crippen molar-refractivity contribution in [2.45, 2.75) is 25.8 Å². The number of ether oxygens (including phenoxy) is 1. The molecule has 1 saturated heterocycles. The van der Waals surface area contributed by atoms with Crippen LogP contribution in [0.4, 0.5) is 5.82 Å². The Hall–Kier alpha value is -1.81. The first-order valence-electron chi connectivity index (χ1n) is 7.63. The Balaban J connectivity index is 2.07. The number of methoxy groups -OCH3 is 1. The number of benzene rings is 1. The number of nitrogens with two attached hydrogens (primary N) is 1. The van der Waals surface area contributed by atoms with E-state index in [-0.39, 0.29) is 0 Å². The van der Waals surface area contributed by atoms with Crippen LogP contribution in [0, 0.1) is 5.92 Å². The van der Waals surface area contributed by atoms with Gasteiger partial charge in [0.15, 0.2) is 0 Å². The van der Waals surface area contributed by atoms with Gasteiger partial charge in [0.25, 0.3) is 0 Å². The first-order chi connectivity index (χ1) is 10.2. The van der Waals surface area contributed by atoms with E-state index in [4.69, 9.17) is 10.5 Å². The van der Waals surface area contributed by atoms with Crippen molar-refractivity contribution in [3.8, 4) is 5.75 Å². The van der Waals surface area contributed by atoms with Crippen molar-refractivity contribution < 1.29 is 4.74 Å². The average Bonchev–Trinajstić information content (AvgIpc) is 2.54. The molecule has 1 aliphatic rings. The van der Waals surface area contributed by atoms with Gasteiger partial charge in [-0.25, -0.2) is 4.98 Å². The van der Waals surface area contributed by atoms with E-state index < -0.39 is 0 Å². The van der Waals surface area contributed by atoms with Crippen LogP contribution in [-0.2, 0) is 0 Å². The highest BCUT2D eigenvalue weighted by molar-refractivity contribution is 5.96. The molecule has 0 amide bonds. The maximum absolute atomic E-state index is 5.88. The maximum atomic E-state index is 5.88. The van der Waals surface area contributed by atoms with Crippen LogP contribution in [0.1, 0.15) is 19.8 Å². The van der Waals surface area contributed by atoms with Gasteiger partial charge in [-0.15, -0.1) is 0 Å². The van der Waals surface area contributed by atoms with E-state index in [1.54, 1.807) is 7.11 Å². The Morgan fingerprint density at radius 3 is 2.90 bits per heavy atom. The SMILES string of the molecule is COc1cccc2c(N3CC(CN)CCC3C)nccc12. The van der Waals surface area contributed by atoms with E-state index in [1.807, 2.05) is 24.4 Å². The standard InChI is InChI=1S/C17H23N3O/c1-12-6-7-13(10-18)11-20(12)17-15-4-3-5-16(21-2)14(15)8-9-19-17/h3-5,8-9,12-13H,6-7,10-11,18H2,1-2H3. The van der Waals surface area contributed by atoms with Crippen LogP contribution < -0.4 is 15.4 Å². The summed E-state index contributed by atoms with van der Waals surface area (Å²) >= 11 is 0. The summed E-state index contributed by atoms with van der Waals surface area (Å²) in [4.78, 5) is 7.06. The van der Waals surface area contributed by atoms with Crippen LogP contribution in [0.2, 0.25) is 0 Å². The second kappa shape index (κ2) is 5.90. The van der Waals surface area contributed by atoms with Crippen molar-refractivity contribution in [2.75, 3.05) is 25.1 Å². The predicted octanol–water partition coefficient (Wildman–Crippen LogP) is 2.81. The Labute approximate surface area is 125 Å². The molecular weight excluding hydrogens is 262 g/mol. The molecule has 0 radical (unpaired) electrons. The molecule has 2 aromatic rings. The Morgan fingerprint density at radius 1 is 1.29 bits per heavy atom. The number of hydrogen-bond acceptors (Lipinski definition) is 4. The van der Waals surface area contributed by atoms with Crippen LogP contribution in [0.5, 0.6) is 5.75 Å². The topological polar surface area (TPSA) is 51.4 Å². The van der Waals surface area contributed by atoms with E-state index in [9.17, 15) is 0 Å². The molecule has 112 valence electrons. The van der Waals surface area contributed by atoms with Gasteiger partial charge in [-0.05, 0) is 44.4 Å². The number of fused-ring (bicyclic) bond motifs is 1. The second-order valence-electron chi connectivity index (χ2n) is 5.87. The van der Waals surface area contributed by atoms with E-state index in [0.29, 0.717) is 12.0 Å². The lowest BCUT2D eigenvalue weighted by atomic mass is 9.93. The molecule has 1 aromatic carbocycles. The summed E-state index contributed by atoms with van der Waals surface area (Å²) in [5.74, 6) is 2.51. The van der Waals surface area contributed by atoms with Crippen LogP contribution in [-0.4, -0.2) is 31.2 Å². The fourth-order valence-corrected chi connectivity index (χ4v) is 3.24. The van der Waals surface area contributed by atoms with E-state index in [0.717, 1.165) is 35.4 Å². The van der Waals surface area contributed by atoms with Gasteiger partial charge in [-0.2, -0.15) is 0 Å². The third-order valence-electron chi connectivity index (χ3n) is 4.55. The number of nitrogens with zero attached hydrogens (tertiary/aromatic N) is 2. The van der Waals surface area contributed by atoms with Crippen LogP contribution in [0.15, 0.2) is 30.5 Å². The molecule has 0 bridgehead atoms. The van der Waals surface area contributed by atoms with Crippen molar-refractivity contribution in [3.63, 3.8) is 0 Å². The molecule has 0 aliphatic carbocycles. The molecule has 2 atom stereocenters. The van der Waals surface area contributed by atoms with Crippen molar-refractivity contribution >= 4 is 16.6 Å². The average molecular weight is 285 g/mol. The fourth-order valence-electron chi connectivity index (χ4n) is 3.24. The monoisotopic (exact) mass is 285 g/mol. The molecule has 0 spiro atoms. The molecule has 1 aromatic heterocycles. The smallest absolute Gasteiger partial charge is 0.136 e. The third kappa shape index (κ3) is 2.56. The molecule has 1 fully saturated rings. The van der Waals surface area contributed by atoms with Crippen molar-refractivity contribution in [1.82, 2.24) is 4.98 Å². The van der Waals surface area contributed by atoms with Gasteiger partial charge in [-0.1, -0.05) is 12.1 Å². The predicted molar refractivity (Wildman–Crippen MR) is 86.9 cm³/mol. The summed E-state index contributed by atoms with van der Waals surface area (Å²) in [5, 5.41) is 2.27. The molecule has 21 heavy (non-hydrogen) atoms. The molecule has 4 heteroatoms. The molecule has 4 nitrogen and oxygen atoms in total. The van der Waals surface area contributed by atoms with E-state index in [1.165, 1.54) is 12.8 Å². The van der Waals surface area contributed by atoms with Crippen LogP contribution >= 0.6 is 0 Å². The lowest BCUT2D eigenvalue weighted by molar-refractivity contribution is 0.372. The summed E-state index contributed by atoms with van der Waals surface area (Å²) in [6, 6.07) is 8.67. The minimum atomic E-state index is 0.497. The maximum Gasteiger partial charge on any atom is 0.136 e. The van der Waals surface area contributed by atoms with Crippen LogP contribution in [0.3, 0.4) is 0 Å². The third-order valence-corrected chi connectivity index (χ3v) is 4.55. The normalized spacial score (nSPS) is 22.5. The Morgan fingerprint density at radius 2 is 2.14 bits per heavy atom. The minimum Gasteiger partial charge on any atom is -0.496 e. The molecule has 2 heterocycles. The van der Waals surface area contributed by atoms with Gasteiger partial charge in [0, 0.05) is 29.6 Å². The zero-order valence-corrected chi connectivity index (χ0v) is 12.7. The summed E-state index contributed by atoms with van der Waals surface area (Å²) in [5.41, 5.74) is 5.88. The number of rotatable bonds is 3. The zero-order valence-electron chi connectivity index (χ0n) is 12.7. The van der Waals surface area contributed by atoms with Crippen molar-refractivity contribution in [2.24, 2.45) is 11.7 Å². The summed E-state index contributed by atoms with van der Waals surface area (Å²) in [6.45, 7) is 4.01. The summed E-state index contributed by atoms with van der Waals surface area (Å²) < 4.78 is 5.47. The first kappa shape index (κ1) is 14.1. The second-order valence-corrected chi connectivity index (χ2v) is 5.87. The van der Waals surface area contributed by atoms with Gasteiger partial charge in [-0.3, -0.25) is 0 Å². The zero-order chi connectivity index (χ0) is 14.8. The van der Waals surface area contributed by atoms with Gasteiger partial charge in [0.2, 0.25) is 0 Å². The van der Waals surface area contributed by atoms with Gasteiger partial charge in [0.1, 0.15) is 11.6 Å². The molecule has 2 N–H and O–H groups in total. The highest BCUT2D eigenvalue weighted by atomic mass is 16.5. The number of hydrogen-bond donors (Lipinski definition) is 1. The lowest BCUT2D eigenvalue weighted by Crippen LogP contribution is -2.44. The van der Waals surface area contributed by atoms with Gasteiger partial charge in [0.05, 0.1) is 7.11 Å². The highest BCUT2D eigenvalue weighted by Crippen LogP contribution is 2.34. The molecule has 2 unspecified atom stereocenters. The minimum absolute atomic E-state index is 0.497. The summed E-state index contributed by atoms with van der Waals surface area (Å²) in [6.07, 6.45) is 4.26. The molecule has 3 rings (SSSR count). The van der Waals surface area contributed by atoms with Crippen molar-refractivity contribution in [1.29, 1.82) is 0 Å². The quantitative estimate of drug-likeness (QED) is 0.942. The summed E-state index contributed by atoms with van der Waals surface area (Å²) in [7, 11) is 1.71. The number of pyridine rings is 1. The highest BCUT2D eigenvalue weighted by Gasteiger charge is 2.26. The van der Waals surface area contributed by atoms with E-state index >= 15 is 0 Å². The largest absolute Gasteiger partial charge is 0.496 e. The van der Waals surface area contributed by atoms with Crippen LogP contribution in [0.25, 0.3) is 10.8 Å². The molecule has 0 saturated carbocycles. The number of anilines is 1. The van der Waals surface area contributed by atoms with E-state index in [2.05, 4.69) is 22.9 Å². The Kier molecular flexibility index (Phi) is 3.97. The molecule has 1 aliphatic heterocycles. The van der Waals surface area contributed by atoms with Gasteiger partial charge >= 0.3 is 0 Å². The first-order valence-corrected chi connectivity index (χ1v) is 7.63. The molecular formula is C17H23N3O. The van der Waals surface area contributed by atoms with Gasteiger partial charge < -0.3 is 15.4 Å².